The van der Waals surface area contributed by atoms with Gasteiger partial charge in [-0.3, -0.25) is 14.9 Å². The van der Waals surface area contributed by atoms with E-state index in [9.17, 15) is 19.7 Å². The van der Waals surface area contributed by atoms with Crippen molar-refractivity contribution in [3.8, 4) is 0 Å². The van der Waals surface area contributed by atoms with Gasteiger partial charge in [0.15, 0.2) is 0 Å². The number of anilines is 1. The van der Waals surface area contributed by atoms with E-state index < -0.39 is 22.5 Å². The topological polar surface area (TPSA) is 110 Å². The van der Waals surface area contributed by atoms with Crippen molar-refractivity contribution >= 4 is 34.6 Å². The third-order valence-corrected chi connectivity index (χ3v) is 3.65. The first kappa shape index (κ1) is 14.7. The molecular formula is C13H10N2O5S. The molecule has 0 saturated carbocycles. The van der Waals surface area contributed by atoms with E-state index in [1.165, 1.54) is 23.5 Å². The number of nitro groups is 1. The average molecular weight is 306 g/mol. The molecule has 8 heteroatoms. The van der Waals surface area contributed by atoms with Crippen LogP contribution in [0.3, 0.4) is 0 Å². The number of nitrogens with one attached hydrogen (secondary N) is 1. The second kappa shape index (κ2) is 5.71. The van der Waals surface area contributed by atoms with Crippen LogP contribution in [0.1, 0.15) is 24.9 Å². The number of rotatable bonds is 4. The quantitative estimate of drug-likeness (QED) is 0.666. The van der Waals surface area contributed by atoms with E-state index in [-0.39, 0.29) is 11.3 Å². The molecule has 1 heterocycles. The highest BCUT2D eigenvalue weighted by atomic mass is 32.1. The van der Waals surface area contributed by atoms with Gasteiger partial charge in [-0.05, 0) is 31.2 Å². The lowest BCUT2D eigenvalue weighted by Crippen LogP contribution is -2.12. The van der Waals surface area contributed by atoms with Crippen molar-refractivity contribution in [1.29, 1.82) is 0 Å². The van der Waals surface area contributed by atoms with Crippen molar-refractivity contribution < 1.29 is 19.6 Å². The minimum Gasteiger partial charge on any atom is -0.478 e. The van der Waals surface area contributed by atoms with Crippen LogP contribution < -0.4 is 5.32 Å². The summed E-state index contributed by atoms with van der Waals surface area (Å²) in [6, 6.07) is 6.70. The number of hydrogen-bond donors (Lipinski definition) is 2. The summed E-state index contributed by atoms with van der Waals surface area (Å²) in [5.74, 6) is -1.75. The molecule has 7 nitrogen and oxygen atoms in total. The fourth-order valence-corrected chi connectivity index (χ4v) is 2.42. The van der Waals surface area contributed by atoms with Crippen molar-refractivity contribution in [2.45, 2.75) is 6.92 Å². The predicted molar refractivity (Wildman–Crippen MR) is 77.1 cm³/mol. The fourth-order valence-electron chi connectivity index (χ4n) is 1.66. The number of thiophene rings is 1. The number of carbonyl (C=O) groups excluding carboxylic acids is 1. The minimum absolute atomic E-state index is 0.0407. The summed E-state index contributed by atoms with van der Waals surface area (Å²) in [7, 11) is 0. The van der Waals surface area contributed by atoms with Gasteiger partial charge < -0.3 is 10.4 Å². The number of carboxylic acid groups (broad SMARTS) is 1. The molecule has 0 saturated heterocycles. The van der Waals surface area contributed by atoms with Crippen LogP contribution in [0.2, 0.25) is 0 Å². The van der Waals surface area contributed by atoms with Crippen LogP contribution in [0.25, 0.3) is 0 Å². The van der Waals surface area contributed by atoms with Crippen molar-refractivity contribution in [2.75, 3.05) is 5.32 Å². The lowest BCUT2D eigenvalue weighted by Gasteiger charge is -2.05. The maximum absolute atomic E-state index is 12.0. The van der Waals surface area contributed by atoms with Crippen LogP contribution >= 0.6 is 11.3 Å². The van der Waals surface area contributed by atoms with Crippen LogP contribution in [-0.2, 0) is 0 Å². The van der Waals surface area contributed by atoms with E-state index in [0.29, 0.717) is 4.88 Å². The van der Waals surface area contributed by atoms with Gasteiger partial charge in [0.1, 0.15) is 5.69 Å². The van der Waals surface area contributed by atoms with E-state index in [1.807, 2.05) is 6.92 Å². The molecule has 1 amide bonds. The molecule has 0 radical (unpaired) electrons. The zero-order chi connectivity index (χ0) is 15.6. The lowest BCUT2D eigenvalue weighted by atomic mass is 10.1. The molecule has 0 aliphatic rings. The molecule has 0 atom stereocenters. The van der Waals surface area contributed by atoms with Gasteiger partial charge >= 0.3 is 5.97 Å². The molecule has 2 rings (SSSR count). The highest BCUT2D eigenvalue weighted by Gasteiger charge is 2.19. The molecule has 0 aliphatic heterocycles. The number of hydrogen-bond acceptors (Lipinski definition) is 5. The number of nitrogens with zero attached hydrogens (tertiary/aromatic N) is 1. The number of aromatic carboxylic acids is 1. The molecule has 1 aromatic carbocycles. The summed E-state index contributed by atoms with van der Waals surface area (Å²) in [5.41, 5.74) is -0.718. The number of carboxylic acids is 1. The van der Waals surface area contributed by atoms with Crippen LogP contribution in [0.5, 0.6) is 0 Å². The largest absolute Gasteiger partial charge is 0.478 e. The van der Waals surface area contributed by atoms with E-state index in [1.54, 1.807) is 12.1 Å². The SMILES string of the molecule is Cc1ccc(C(=O)Nc2ccc(C(=O)O)cc2[N+](=O)[O-])s1. The molecule has 0 spiro atoms. The Hall–Kier alpha value is -2.74. The third kappa shape index (κ3) is 3.23. The van der Waals surface area contributed by atoms with Gasteiger partial charge in [0.05, 0.1) is 15.4 Å². The number of benzene rings is 1. The molecule has 0 unspecified atom stereocenters. The maximum Gasteiger partial charge on any atom is 0.335 e. The second-order valence-electron chi connectivity index (χ2n) is 4.16. The minimum atomic E-state index is -1.27. The summed E-state index contributed by atoms with van der Waals surface area (Å²) < 4.78 is 0. The fraction of sp³-hybridized carbons (Fsp3) is 0.0769. The zero-order valence-corrected chi connectivity index (χ0v) is 11.6. The molecule has 108 valence electrons. The Bertz CT molecular complexity index is 738. The van der Waals surface area contributed by atoms with Gasteiger partial charge in [-0.25, -0.2) is 4.79 Å². The summed E-state index contributed by atoms with van der Waals surface area (Å²) >= 11 is 1.26. The predicted octanol–water partition coefficient (Wildman–Crippen LogP) is 2.92. The number of aryl methyl sites for hydroxylation is 1. The van der Waals surface area contributed by atoms with Gasteiger partial charge in [0, 0.05) is 10.9 Å². The van der Waals surface area contributed by atoms with Gasteiger partial charge in [0.2, 0.25) is 0 Å². The number of amides is 1. The smallest absolute Gasteiger partial charge is 0.335 e. The third-order valence-electron chi connectivity index (χ3n) is 2.65. The second-order valence-corrected chi connectivity index (χ2v) is 5.45. The van der Waals surface area contributed by atoms with Crippen LogP contribution in [0.4, 0.5) is 11.4 Å². The Balaban J connectivity index is 2.33. The maximum atomic E-state index is 12.0. The van der Waals surface area contributed by atoms with Gasteiger partial charge in [-0.15, -0.1) is 11.3 Å². The first-order valence-corrected chi connectivity index (χ1v) is 6.59. The van der Waals surface area contributed by atoms with Crippen LogP contribution in [-0.4, -0.2) is 21.9 Å². The Labute approximate surface area is 123 Å². The Morgan fingerprint density at radius 1 is 1.29 bits per heavy atom. The highest BCUT2D eigenvalue weighted by molar-refractivity contribution is 7.14. The molecule has 2 N–H and O–H groups in total. The van der Waals surface area contributed by atoms with E-state index in [0.717, 1.165) is 10.9 Å². The number of nitro benzene ring substituents is 1. The van der Waals surface area contributed by atoms with Crippen LogP contribution in [0, 0.1) is 17.0 Å². The standard InChI is InChI=1S/C13H10N2O5S/c1-7-2-5-11(21-7)12(16)14-9-4-3-8(13(17)18)6-10(9)15(19)20/h2-6H,1H3,(H,14,16)(H,17,18). The number of carbonyl (C=O) groups is 2. The normalized spacial score (nSPS) is 10.1. The molecule has 2 aromatic rings. The summed E-state index contributed by atoms with van der Waals surface area (Å²) in [4.78, 5) is 34.4. The van der Waals surface area contributed by atoms with Gasteiger partial charge in [0.25, 0.3) is 11.6 Å². The molecule has 0 bridgehead atoms. The van der Waals surface area contributed by atoms with E-state index >= 15 is 0 Å². The summed E-state index contributed by atoms with van der Waals surface area (Å²) in [5, 5.41) is 22.2. The molecule has 1 aromatic heterocycles. The van der Waals surface area contributed by atoms with Crippen molar-refractivity contribution in [1.82, 2.24) is 0 Å². The molecule has 0 aliphatic carbocycles. The summed E-state index contributed by atoms with van der Waals surface area (Å²) in [6.07, 6.45) is 0. The average Bonchev–Trinajstić information content (AvgIpc) is 2.85. The first-order valence-electron chi connectivity index (χ1n) is 5.78. The zero-order valence-electron chi connectivity index (χ0n) is 10.8. The van der Waals surface area contributed by atoms with E-state index in [2.05, 4.69) is 5.32 Å². The molecular weight excluding hydrogens is 296 g/mol. The lowest BCUT2D eigenvalue weighted by molar-refractivity contribution is -0.383. The van der Waals surface area contributed by atoms with Crippen LogP contribution in [0.15, 0.2) is 30.3 Å². The van der Waals surface area contributed by atoms with Gasteiger partial charge in [-0.2, -0.15) is 0 Å². The van der Waals surface area contributed by atoms with E-state index in [4.69, 9.17) is 5.11 Å². The van der Waals surface area contributed by atoms with Crippen molar-refractivity contribution in [2.24, 2.45) is 0 Å². The monoisotopic (exact) mass is 306 g/mol. The molecule has 21 heavy (non-hydrogen) atoms. The van der Waals surface area contributed by atoms with Crippen molar-refractivity contribution in [3.63, 3.8) is 0 Å². The highest BCUT2D eigenvalue weighted by Crippen LogP contribution is 2.27. The van der Waals surface area contributed by atoms with Gasteiger partial charge in [-0.1, -0.05) is 0 Å². The Kier molecular flexibility index (Phi) is 3.99. The first-order chi connectivity index (χ1) is 9.88. The Morgan fingerprint density at radius 3 is 2.52 bits per heavy atom. The summed E-state index contributed by atoms with van der Waals surface area (Å²) in [6.45, 7) is 1.84. The Morgan fingerprint density at radius 2 is 2.00 bits per heavy atom. The molecule has 0 fully saturated rings. The van der Waals surface area contributed by atoms with Crippen molar-refractivity contribution in [3.05, 3.63) is 55.8 Å².